The van der Waals surface area contributed by atoms with Crippen LogP contribution in [0.1, 0.15) is 36.8 Å². The van der Waals surface area contributed by atoms with E-state index in [1.54, 1.807) is 18.2 Å². The Kier molecular flexibility index (Phi) is 6.82. The minimum absolute atomic E-state index is 0.0468. The molecule has 1 atom stereocenters. The quantitative estimate of drug-likeness (QED) is 0.612. The van der Waals surface area contributed by atoms with Gasteiger partial charge in [0.1, 0.15) is 11.6 Å². The molecule has 1 aliphatic rings. The fourth-order valence-corrected chi connectivity index (χ4v) is 3.67. The van der Waals surface area contributed by atoms with Gasteiger partial charge >= 0.3 is 6.36 Å². The third kappa shape index (κ3) is 6.97. The number of carbonyl (C=O) groups is 2. The Morgan fingerprint density at radius 3 is 2.52 bits per heavy atom. The number of hydrogen-bond acceptors (Lipinski definition) is 3. The Hall–Kier alpha value is -3.10. The third-order valence-corrected chi connectivity index (χ3v) is 5.14. The van der Waals surface area contributed by atoms with E-state index in [-0.39, 0.29) is 36.3 Å². The molecular weight excluding hydrogens is 416 g/mol. The zero-order valence-corrected chi connectivity index (χ0v) is 16.6. The molecule has 5 nitrogen and oxygen atoms in total. The van der Waals surface area contributed by atoms with Gasteiger partial charge in [-0.15, -0.1) is 13.2 Å². The van der Waals surface area contributed by atoms with Crippen molar-refractivity contribution in [2.75, 3.05) is 0 Å². The highest BCUT2D eigenvalue weighted by Gasteiger charge is 2.37. The van der Waals surface area contributed by atoms with Crippen LogP contribution in [0.25, 0.3) is 0 Å². The normalized spacial score (nSPS) is 18.5. The molecule has 1 aliphatic heterocycles. The monoisotopic (exact) mass is 438 g/mol. The maximum Gasteiger partial charge on any atom is 0.573 e. The van der Waals surface area contributed by atoms with Crippen molar-refractivity contribution in [3.63, 3.8) is 0 Å². The summed E-state index contributed by atoms with van der Waals surface area (Å²) in [5.74, 6) is -1.09. The van der Waals surface area contributed by atoms with E-state index in [1.807, 2.05) is 0 Å². The molecule has 0 unspecified atom stereocenters. The summed E-state index contributed by atoms with van der Waals surface area (Å²) in [5, 5.41) is 5.63. The molecule has 2 amide bonds. The first-order chi connectivity index (χ1) is 14.6. The van der Waals surface area contributed by atoms with Crippen molar-refractivity contribution in [1.82, 2.24) is 10.6 Å². The Morgan fingerprint density at radius 2 is 1.87 bits per heavy atom. The number of ether oxygens (including phenoxy) is 1. The maximum atomic E-state index is 13.2. The molecule has 0 bridgehead atoms. The van der Waals surface area contributed by atoms with Gasteiger partial charge in [-0.05, 0) is 54.7 Å². The molecule has 0 aromatic heterocycles. The molecule has 2 aromatic carbocycles. The maximum absolute atomic E-state index is 13.2. The Labute approximate surface area is 176 Å². The van der Waals surface area contributed by atoms with Gasteiger partial charge < -0.3 is 15.4 Å². The van der Waals surface area contributed by atoms with E-state index in [0.29, 0.717) is 31.2 Å². The number of alkyl halides is 3. The summed E-state index contributed by atoms with van der Waals surface area (Å²) in [5.41, 5.74) is 0.725. The van der Waals surface area contributed by atoms with Crippen LogP contribution in [0, 0.1) is 5.82 Å². The van der Waals surface area contributed by atoms with E-state index in [1.165, 1.54) is 30.3 Å². The minimum atomic E-state index is -4.79. The van der Waals surface area contributed by atoms with Crippen LogP contribution in [0.4, 0.5) is 17.6 Å². The smallest absolute Gasteiger partial charge is 0.406 e. The first-order valence-corrected chi connectivity index (χ1v) is 9.79. The highest BCUT2D eigenvalue weighted by Crippen LogP contribution is 2.30. The van der Waals surface area contributed by atoms with Crippen LogP contribution >= 0.6 is 0 Å². The number of amides is 2. The second-order valence-corrected chi connectivity index (χ2v) is 7.60. The van der Waals surface area contributed by atoms with Gasteiger partial charge in [-0.1, -0.05) is 24.3 Å². The Morgan fingerprint density at radius 1 is 1.13 bits per heavy atom. The summed E-state index contributed by atoms with van der Waals surface area (Å²) >= 11 is 0. The molecule has 1 fully saturated rings. The van der Waals surface area contributed by atoms with E-state index in [2.05, 4.69) is 15.4 Å². The Balaban J connectivity index is 1.55. The predicted octanol–water partition coefficient (Wildman–Crippen LogP) is 4.01. The van der Waals surface area contributed by atoms with E-state index in [9.17, 15) is 27.2 Å². The average Bonchev–Trinajstić information content (AvgIpc) is 3.06. The van der Waals surface area contributed by atoms with E-state index in [4.69, 9.17) is 0 Å². The second kappa shape index (κ2) is 9.36. The molecule has 0 spiro atoms. The number of carbonyl (C=O) groups excluding carboxylic acids is 2. The van der Waals surface area contributed by atoms with Gasteiger partial charge in [0.2, 0.25) is 11.8 Å². The van der Waals surface area contributed by atoms with Gasteiger partial charge in [0.15, 0.2) is 0 Å². The fourth-order valence-electron chi connectivity index (χ4n) is 3.67. The molecule has 2 N–H and O–H groups in total. The average molecular weight is 438 g/mol. The zero-order chi connectivity index (χ0) is 22.5. The van der Waals surface area contributed by atoms with Crippen LogP contribution in [0.5, 0.6) is 5.75 Å². The summed E-state index contributed by atoms with van der Waals surface area (Å²) < 4.78 is 54.0. The fraction of sp³-hybridized carbons (Fsp3) is 0.364. The first kappa shape index (κ1) is 22.6. The summed E-state index contributed by atoms with van der Waals surface area (Å²) in [7, 11) is 0. The van der Waals surface area contributed by atoms with E-state index >= 15 is 0 Å². The van der Waals surface area contributed by atoms with Crippen LogP contribution in [0.3, 0.4) is 0 Å². The van der Waals surface area contributed by atoms with Crippen LogP contribution in [0.2, 0.25) is 0 Å². The van der Waals surface area contributed by atoms with Crippen LogP contribution in [-0.2, 0) is 22.6 Å². The SMILES string of the molecule is O=C(CC[C@@]1(Cc2ccc(F)cc2)CCC(=O)N1)NCc1cccc(OC(F)(F)F)c1. The minimum Gasteiger partial charge on any atom is -0.406 e. The lowest BCUT2D eigenvalue weighted by atomic mass is 9.85. The van der Waals surface area contributed by atoms with Gasteiger partial charge in [-0.25, -0.2) is 4.39 Å². The van der Waals surface area contributed by atoms with Crippen molar-refractivity contribution < 1.29 is 31.9 Å². The molecule has 9 heteroatoms. The summed E-state index contributed by atoms with van der Waals surface area (Å²) in [6, 6.07) is 11.4. The van der Waals surface area contributed by atoms with Crippen LogP contribution in [0.15, 0.2) is 48.5 Å². The molecule has 2 aromatic rings. The lowest BCUT2D eigenvalue weighted by Gasteiger charge is -2.29. The van der Waals surface area contributed by atoms with Crippen molar-refractivity contribution in [2.45, 2.75) is 50.6 Å². The molecule has 0 aliphatic carbocycles. The first-order valence-electron chi connectivity index (χ1n) is 9.79. The molecule has 1 saturated heterocycles. The Bertz CT molecular complexity index is 931. The number of rotatable bonds is 8. The van der Waals surface area contributed by atoms with Gasteiger partial charge in [-0.2, -0.15) is 0 Å². The van der Waals surface area contributed by atoms with Crippen molar-refractivity contribution >= 4 is 11.8 Å². The van der Waals surface area contributed by atoms with Crippen molar-refractivity contribution in [3.05, 3.63) is 65.5 Å². The molecule has 0 saturated carbocycles. The lowest BCUT2D eigenvalue weighted by Crippen LogP contribution is -2.44. The molecule has 1 heterocycles. The highest BCUT2D eigenvalue weighted by atomic mass is 19.4. The van der Waals surface area contributed by atoms with Crippen LogP contribution < -0.4 is 15.4 Å². The van der Waals surface area contributed by atoms with Gasteiger partial charge in [0, 0.05) is 24.9 Å². The molecule has 3 rings (SSSR count). The van der Waals surface area contributed by atoms with Crippen molar-refractivity contribution in [1.29, 1.82) is 0 Å². The number of hydrogen-bond donors (Lipinski definition) is 2. The predicted molar refractivity (Wildman–Crippen MR) is 104 cm³/mol. The number of benzene rings is 2. The standard InChI is InChI=1S/C22H22F4N2O3/c23-17-6-4-15(5-7-17)13-21(11-9-20(30)28-21)10-8-19(29)27-14-16-2-1-3-18(12-16)31-22(24,25)26/h1-7,12H,8-11,13-14H2,(H,27,29)(H,28,30)/t21-/m0/s1. The van der Waals surface area contributed by atoms with Crippen LogP contribution in [-0.4, -0.2) is 23.7 Å². The summed E-state index contributed by atoms with van der Waals surface area (Å²) in [6.07, 6.45) is -2.88. The number of halogens is 4. The third-order valence-electron chi connectivity index (χ3n) is 5.14. The zero-order valence-electron chi connectivity index (χ0n) is 16.6. The highest BCUT2D eigenvalue weighted by molar-refractivity contribution is 5.80. The molecule has 31 heavy (non-hydrogen) atoms. The molecule has 0 radical (unpaired) electrons. The lowest BCUT2D eigenvalue weighted by molar-refractivity contribution is -0.274. The topological polar surface area (TPSA) is 67.4 Å². The second-order valence-electron chi connectivity index (χ2n) is 7.60. The summed E-state index contributed by atoms with van der Waals surface area (Å²) in [6.45, 7) is 0.0468. The van der Waals surface area contributed by atoms with E-state index in [0.717, 1.165) is 5.56 Å². The number of nitrogens with one attached hydrogen (secondary N) is 2. The van der Waals surface area contributed by atoms with Gasteiger partial charge in [0.05, 0.1) is 0 Å². The summed E-state index contributed by atoms with van der Waals surface area (Å²) in [4.78, 5) is 24.1. The van der Waals surface area contributed by atoms with E-state index < -0.39 is 11.9 Å². The van der Waals surface area contributed by atoms with Crippen molar-refractivity contribution in [3.8, 4) is 5.75 Å². The van der Waals surface area contributed by atoms with Gasteiger partial charge in [-0.3, -0.25) is 9.59 Å². The molecule has 166 valence electrons. The van der Waals surface area contributed by atoms with Crippen molar-refractivity contribution in [2.24, 2.45) is 0 Å². The van der Waals surface area contributed by atoms with Gasteiger partial charge in [0.25, 0.3) is 0 Å². The largest absolute Gasteiger partial charge is 0.573 e. The molecular formula is C22H22F4N2O3.